The lowest BCUT2D eigenvalue weighted by Crippen LogP contribution is -2.19. The third-order valence-electron chi connectivity index (χ3n) is 2.36. The summed E-state index contributed by atoms with van der Waals surface area (Å²) in [6, 6.07) is 5.17. The molecule has 6 heteroatoms. The highest BCUT2D eigenvalue weighted by atomic mass is 16.4. The fourth-order valence-electron chi connectivity index (χ4n) is 1.50. The molecule has 0 radical (unpaired) electrons. The molecule has 6 nitrogen and oxygen atoms in total. The summed E-state index contributed by atoms with van der Waals surface area (Å²) in [5.41, 5.74) is 0.294. The zero-order valence-electron chi connectivity index (χ0n) is 9.63. The third-order valence-corrected chi connectivity index (χ3v) is 2.36. The molecule has 0 bridgehead atoms. The molecule has 0 saturated carbocycles. The Labute approximate surface area is 103 Å². The van der Waals surface area contributed by atoms with Crippen molar-refractivity contribution in [3.63, 3.8) is 0 Å². The van der Waals surface area contributed by atoms with Crippen molar-refractivity contribution in [3.05, 3.63) is 24.0 Å². The van der Waals surface area contributed by atoms with Gasteiger partial charge in [-0.2, -0.15) is 5.26 Å². The van der Waals surface area contributed by atoms with Crippen molar-refractivity contribution < 1.29 is 19.5 Å². The van der Waals surface area contributed by atoms with Crippen LogP contribution in [0.1, 0.15) is 29.8 Å². The summed E-state index contributed by atoms with van der Waals surface area (Å²) in [6.07, 6.45) is 1.99. The normalized spacial score (nSPS) is 9.72. The molecule has 0 amide bonds. The van der Waals surface area contributed by atoms with Crippen molar-refractivity contribution in [1.29, 1.82) is 5.26 Å². The number of Topliss-reactive ketones (excluding diaryl/α,β-unsaturated/α-hetero) is 2. The Morgan fingerprint density at radius 2 is 2.11 bits per heavy atom. The van der Waals surface area contributed by atoms with E-state index in [0.29, 0.717) is 25.1 Å². The molecule has 0 aliphatic rings. The van der Waals surface area contributed by atoms with Gasteiger partial charge < -0.3 is 9.67 Å². The molecular weight excluding hydrogens is 236 g/mol. The van der Waals surface area contributed by atoms with Crippen LogP contribution in [0.5, 0.6) is 0 Å². The minimum atomic E-state index is -1.61. The Kier molecular flexibility index (Phi) is 4.81. The number of nitriles is 1. The largest absolute Gasteiger partial charge is 0.475 e. The molecule has 94 valence electrons. The first-order chi connectivity index (χ1) is 8.56. The van der Waals surface area contributed by atoms with Gasteiger partial charge in [0.1, 0.15) is 0 Å². The summed E-state index contributed by atoms with van der Waals surface area (Å²) in [7, 11) is 0. The predicted molar refractivity (Wildman–Crippen MR) is 60.9 cm³/mol. The van der Waals surface area contributed by atoms with Crippen LogP contribution in [-0.2, 0) is 16.1 Å². The Balaban J connectivity index is 2.69. The van der Waals surface area contributed by atoms with E-state index in [4.69, 9.17) is 10.4 Å². The van der Waals surface area contributed by atoms with Gasteiger partial charge in [-0.1, -0.05) is 0 Å². The first-order valence-corrected chi connectivity index (χ1v) is 5.37. The van der Waals surface area contributed by atoms with Crippen molar-refractivity contribution in [3.8, 4) is 6.07 Å². The summed E-state index contributed by atoms with van der Waals surface area (Å²) in [5, 5.41) is 16.8. The van der Waals surface area contributed by atoms with Gasteiger partial charge in [-0.05, 0) is 18.6 Å². The van der Waals surface area contributed by atoms with Gasteiger partial charge in [0.15, 0.2) is 5.78 Å². The number of aromatic nitrogens is 1. The molecule has 1 N–H and O–H groups in total. The molecule has 0 aromatic carbocycles. The summed E-state index contributed by atoms with van der Waals surface area (Å²) >= 11 is 0. The van der Waals surface area contributed by atoms with Crippen LogP contribution in [0.3, 0.4) is 0 Å². The maximum absolute atomic E-state index is 11.7. The lowest BCUT2D eigenvalue weighted by molar-refractivity contribution is -0.148. The van der Waals surface area contributed by atoms with Crippen LogP contribution in [-0.4, -0.2) is 27.2 Å². The van der Waals surface area contributed by atoms with Gasteiger partial charge in [0.25, 0.3) is 0 Å². The second-order valence-electron chi connectivity index (χ2n) is 3.68. The van der Waals surface area contributed by atoms with Crippen molar-refractivity contribution in [2.45, 2.75) is 25.8 Å². The van der Waals surface area contributed by atoms with E-state index in [0.717, 1.165) is 0 Å². The van der Waals surface area contributed by atoms with Crippen molar-refractivity contribution >= 4 is 17.5 Å². The Bertz CT molecular complexity index is 510. The Morgan fingerprint density at radius 3 is 2.72 bits per heavy atom. The van der Waals surface area contributed by atoms with E-state index in [9.17, 15) is 14.4 Å². The minimum Gasteiger partial charge on any atom is -0.475 e. The molecule has 1 aromatic rings. The van der Waals surface area contributed by atoms with E-state index in [1.54, 1.807) is 16.8 Å². The smallest absolute Gasteiger partial charge is 0.372 e. The molecule has 0 spiro atoms. The number of nitrogens with zero attached hydrogens (tertiary/aromatic N) is 2. The number of unbranched alkanes of at least 4 members (excludes halogenated alkanes) is 1. The molecule has 0 saturated heterocycles. The lowest BCUT2D eigenvalue weighted by Gasteiger charge is -2.06. The van der Waals surface area contributed by atoms with Gasteiger partial charge in [0.2, 0.25) is 5.78 Å². The zero-order chi connectivity index (χ0) is 13.5. The van der Waals surface area contributed by atoms with Crippen LogP contribution in [0, 0.1) is 11.3 Å². The van der Waals surface area contributed by atoms with Gasteiger partial charge in [-0.15, -0.1) is 0 Å². The van der Waals surface area contributed by atoms with Gasteiger partial charge >= 0.3 is 5.97 Å². The quantitative estimate of drug-likeness (QED) is 0.336. The SMILES string of the molecule is N#CCCCn1cccc1C(=O)CC(=O)C(=O)O. The number of carboxylic acid groups (broad SMARTS) is 1. The highest BCUT2D eigenvalue weighted by Gasteiger charge is 2.19. The summed E-state index contributed by atoms with van der Waals surface area (Å²) in [4.78, 5) is 33.0. The number of aliphatic carboxylic acids is 1. The monoisotopic (exact) mass is 248 g/mol. The van der Waals surface area contributed by atoms with E-state index < -0.39 is 24.0 Å². The van der Waals surface area contributed by atoms with E-state index in [-0.39, 0.29) is 0 Å². The molecular formula is C12H12N2O4. The van der Waals surface area contributed by atoms with E-state index in [2.05, 4.69) is 0 Å². The molecule has 0 atom stereocenters. The van der Waals surface area contributed by atoms with E-state index in [1.165, 1.54) is 6.07 Å². The molecule has 0 aliphatic carbocycles. The molecule has 0 unspecified atom stereocenters. The van der Waals surface area contributed by atoms with Crippen LogP contribution < -0.4 is 0 Å². The summed E-state index contributed by atoms with van der Waals surface area (Å²) in [6.45, 7) is 0.489. The second kappa shape index (κ2) is 6.35. The highest BCUT2D eigenvalue weighted by molar-refractivity contribution is 6.37. The average Bonchev–Trinajstić information content (AvgIpc) is 2.77. The number of carboxylic acids is 1. The van der Waals surface area contributed by atoms with E-state index >= 15 is 0 Å². The maximum Gasteiger partial charge on any atom is 0.372 e. The number of ketones is 2. The third kappa shape index (κ3) is 3.56. The Hall–Kier alpha value is -2.42. The number of hydrogen-bond donors (Lipinski definition) is 1. The van der Waals surface area contributed by atoms with Crippen LogP contribution in [0.15, 0.2) is 18.3 Å². The topological polar surface area (TPSA) is 100 Å². The molecule has 18 heavy (non-hydrogen) atoms. The first kappa shape index (κ1) is 13.6. The number of carbonyl (C=O) groups excluding carboxylic acids is 2. The molecule has 1 aromatic heterocycles. The highest BCUT2D eigenvalue weighted by Crippen LogP contribution is 2.08. The van der Waals surface area contributed by atoms with Crippen LogP contribution in [0.25, 0.3) is 0 Å². The van der Waals surface area contributed by atoms with Gasteiger partial charge in [-0.3, -0.25) is 9.59 Å². The number of hydrogen-bond acceptors (Lipinski definition) is 4. The van der Waals surface area contributed by atoms with Crippen molar-refractivity contribution in [1.82, 2.24) is 4.57 Å². The molecule has 1 rings (SSSR count). The minimum absolute atomic E-state index is 0.294. The van der Waals surface area contributed by atoms with Crippen molar-refractivity contribution in [2.24, 2.45) is 0 Å². The Morgan fingerprint density at radius 1 is 1.39 bits per heavy atom. The van der Waals surface area contributed by atoms with Crippen LogP contribution in [0.4, 0.5) is 0 Å². The summed E-state index contributed by atoms with van der Waals surface area (Å²) in [5.74, 6) is -3.25. The standard InChI is InChI=1S/C12H12N2O4/c13-5-1-2-6-14-7-3-4-9(14)10(15)8-11(16)12(17)18/h3-4,7H,1-2,6,8H2,(H,17,18). The van der Waals surface area contributed by atoms with E-state index in [1.807, 2.05) is 6.07 Å². The fourth-order valence-corrected chi connectivity index (χ4v) is 1.50. The zero-order valence-corrected chi connectivity index (χ0v) is 9.63. The number of rotatable bonds is 7. The fraction of sp³-hybridized carbons (Fsp3) is 0.333. The number of carbonyl (C=O) groups is 3. The van der Waals surface area contributed by atoms with Crippen LogP contribution >= 0.6 is 0 Å². The van der Waals surface area contributed by atoms with Crippen molar-refractivity contribution in [2.75, 3.05) is 0 Å². The van der Waals surface area contributed by atoms with Gasteiger partial charge in [0.05, 0.1) is 18.2 Å². The molecule has 1 heterocycles. The maximum atomic E-state index is 11.7. The number of aryl methyl sites for hydroxylation is 1. The summed E-state index contributed by atoms with van der Waals surface area (Å²) < 4.78 is 1.62. The second-order valence-corrected chi connectivity index (χ2v) is 3.68. The molecule has 0 fully saturated rings. The first-order valence-electron chi connectivity index (χ1n) is 5.37. The predicted octanol–water partition coefficient (Wildman–Crippen LogP) is 1.02. The van der Waals surface area contributed by atoms with Gasteiger partial charge in [0, 0.05) is 19.2 Å². The lowest BCUT2D eigenvalue weighted by atomic mass is 10.1. The average molecular weight is 248 g/mol. The van der Waals surface area contributed by atoms with Gasteiger partial charge in [-0.25, -0.2) is 4.79 Å². The molecule has 0 aliphatic heterocycles. The van der Waals surface area contributed by atoms with Crippen LogP contribution in [0.2, 0.25) is 0 Å².